The summed E-state index contributed by atoms with van der Waals surface area (Å²) in [7, 11) is 0. The van der Waals surface area contributed by atoms with E-state index in [-0.39, 0.29) is 6.03 Å². The van der Waals surface area contributed by atoms with Crippen LogP contribution in [0.3, 0.4) is 0 Å². The molecule has 80 valence electrons. The van der Waals surface area contributed by atoms with Crippen molar-refractivity contribution in [2.24, 2.45) is 0 Å². The van der Waals surface area contributed by atoms with Gasteiger partial charge in [0.1, 0.15) is 0 Å². The van der Waals surface area contributed by atoms with Crippen LogP contribution < -0.4 is 10.2 Å². The maximum Gasteiger partial charge on any atom is 0.321 e. The largest absolute Gasteiger partial charge is 0.338 e. The molecule has 0 unspecified atom stereocenters. The van der Waals surface area contributed by atoms with E-state index in [9.17, 15) is 4.79 Å². The van der Waals surface area contributed by atoms with Crippen molar-refractivity contribution in [2.45, 2.75) is 20.3 Å². The lowest BCUT2D eigenvalue weighted by Crippen LogP contribution is -2.46. The first-order valence-electron chi connectivity index (χ1n) is 5.31. The first-order chi connectivity index (χ1) is 7.18. The zero-order chi connectivity index (χ0) is 10.8. The van der Waals surface area contributed by atoms with Gasteiger partial charge in [-0.25, -0.2) is 4.79 Å². The highest BCUT2D eigenvalue weighted by Crippen LogP contribution is 2.20. The highest BCUT2D eigenvalue weighted by atomic mass is 16.2. The highest BCUT2D eigenvalue weighted by molar-refractivity contribution is 5.92. The predicted molar refractivity (Wildman–Crippen MR) is 61.3 cm³/mol. The molecule has 1 saturated heterocycles. The summed E-state index contributed by atoms with van der Waals surface area (Å²) < 4.78 is 0. The molecule has 3 heteroatoms. The fraction of sp³-hybridized carbons (Fsp3) is 0.417. The van der Waals surface area contributed by atoms with Crippen LogP contribution in [0.5, 0.6) is 0 Å². The molecule has 1 fully saturated rings. The van der Waals surface area contributed by atoms with Crippen LogP contribution in [0.25, 0.3) is 0 Å². The van der Waals surface area contributed by atoms with Gasteiger partial charge < -0.3 is 5.32 Å². The molecule has 15 heavy (non-hydrogen) atoms. The zero-order valence-electron chi connectivity index (χ0n) is 9.21. The molecule has 2 rings (SSSR count). The van der Waals surface area contributed by atoms with Gasteiger partial charge in [-0.2, -0.15) is 0 Å². The van der Waals surface area contributed by atoms with Crippen molar-refractivity contribution in [3.05, 3.63) is 29.3 Å². The van der Waals surface area contributed by atoms with Gasteiger partial charge in [-0.15, -0.1) is 0 Å². The van der Waals surface area contributed by atoms with E-state index in [1.54, 1.807) is 4.90 Å². The van der Waals surface area contributed by atoms with E-state index in [4.69, 9.17) is 0 Å². The monoisotopic (exact) mass is 204 g/mol. The van der Waals surface area contributed by atoms with Gasteiger partial charge in [0.25, 0.3) is 0 Å². The summed E-state index contributed by atoms with van der Waals surface area (Å²) in [5.41, 5.74) is 3.48. The number of nitrogens with zero attached hydrogens (tertiary/aromatic N) is 1. The zero-order valence-corrected chi connectivity index (χ0v) is 9.21. The number of hydrogen-bond donors (Lipinski definition) is 1. The van der Waals surface area contributed by atoms with Crippen LogP contribution in [-0.2, 0) is 0 Å². The average molecular weight is 204 g/mol. The van der Waals surface area contributed by atoms with Crippen LogP contribution in [-0.4, -0.2) is 19.1 Å². The summed E-state index contributed by atoms with van der Waals surface area (Å²) in [5, 5.41) is 2.85. The number of anilines is 1. The molecule has 0 bridgehead atoms. The maximum atomic E-state index is 11.6. The van der Waals surface area contributed by atoms with Gasteiger partial charge in [0, 0.05) is 18.8 Å². The van der Waals surface area contributed by atoms with Crippen LogP contribution in [0.2, 0.25) is 0 Å². The summed E-state index contributed by atoms with van der Waals surface area (Å²) in [5.74, 6) is 0. The molecule has 1 aromatic carbocycles. The molecule has 1 aliphatic heterocycles. The molecular formula is C12H16N2O. The van der Waals surface area contributed by atoms with Crippen molar-refractivity contribution in [1.29, 1.82) is 0 Å². The SMILES string of the molecule is Cc1ccc(N2CCCNC2=O)cc1C. The van der Waals surface area contributed by atoms with Crippen LogP contribution in [0.15, 0.2) is 18.2 Å². The maximum absolute atomic E-state index is 11.6. The molecule has 2 amide bonds. The van der Waals surface area contributed by atoms with E-state index in [2.05, 4.69) is 31.3 Å². The Bertz CT molecular complexity index is 387. The fourth-order valence-corrected chi connectivity index (χ4v) is 1.77. The lowest BCUT2D eigenvalue weighted by atomic mass is 10.1. The van der Waals surface area contributed by atoms with Crippen molar-refractivity contribution >= 4 is 11.7 Å². The second-order valence-electron chi connectivity index (χ2n) is 4.01. The Morgan fingerprint density at radius 2 is 2.07 bits per heavy atom. The Balaban J connectivity index is 2.28. The highest BCUT2D eigenvalue weighted by Gasteiger charge is 2.18. The molecule has 0 radical (unpaired) electrons. The first kappa shape index (κ1) is 10.0. The normalized spacial score (nSPS) is 16.4. The Morgan fingerprint density at radius 3 is 2.73 bits per heavy atom. The molecule has 1 heterocycles. The number of nitrogens with one attached hydrogen (secondary N) is 1. The Labute approximate surface area is 90.1 Å². The van der Waals surface area contributed by atoms with E-state index in [1.165, 1.54) is 11.1 Å². The van der Waals surface area contributed by atoms with Crippen molar-refractivity contribution in [3.8, 4) is 0 Å². The van der Waals surface area contributed by atoms with Crippen molar-refractivity contribution in [1.82, 2.24) is 5.32 Å². The number of aryl methyl sites for hydroxylation is 2. The third-order valence-corrected chi connectivity index (χ3v) is 2.88. The minimum atomic E-state index is 0.0181. The average Bonchev–Trinajstić information content (AvgIpc) is 2.23. The van der Waals surface area contributed by atoms with Gasteiger partial charge in [-0.05, 0) is 43.5 Å². The molecule has 0 saturated carbocycles. The quantitative estimate of drug-likeness (QED) is 0.747. The minimum absolute atomic E-state index is 0.0181. The summed E-state index contributed by atoms with van der Waals surface area (Å²) in [6.45, 7) is 5.75. The molecule has 3 nitrogen and oxygen atoms in total. The van der Waals surface area contributed by atoms with E-state index in [1.807, 2.05) is 6.07 Å². The molecule has 1 aliphatic rings. The third kappa shape index (κ3) is 1.96. The third-order valence-electron chi connectivity index (χ3n) is 2.88. The molecule has 0 atom stereocenters. The van der Waals surface area contributed by atoms with E-state index >= 15 is 0 Å². The van der Waals surface area contributed by atoms with Gasteiger partial charge >= 0.3 is 6.03 Å². The first-order valence-corrected chi connectivity index (χ1v) is 5.31. The number of benzene rings is 1. The molecule has 0 aromatic heterocycles. The van der Waals surface area contributed by atoms with Crippen LogP contribution >= 0.6 is 0 Å². The summed E-state index contributed by atoms with van der Waals surface area (Å²) in [6.07, 6.45) is 1.01. The van der Waals surface area contributed by atoms with Gasteiger partial charge in [-0.1, -0.05) is 6.07 Å². The number of urea groups is 1. The standard InChI is InChI=1S/C12H16N2O/c1-9-4-5-11(8-10(9)2)14-7-3-6-13-12(14)15/h4-5,8H,3,6-7H2,1-2H3,(H,13,15). The van der Waals surface area contributed by atoms with Crippen molar-refractivity contribution < 1.29 is 4.79 Å². The predicted octanol–water partition coefficient (Wildman–Crippen LogP) is 2.22. The number of rotatable bonds is 1. The molecule has 0 spiro atoms. The van der Waals surface area contributed by atoms with E-state index in [0.29, 0.717) is 0 Å². The Kier molecular flexibility index (Phi) is 2.62. The van der Waals surface area contributed by atoms with Gasteiger partial charge in [0.15, 0.2) is 0 Å². The van der Waals surface area contributed by atoms with Crippen LogP contribution in [0, 0.1) is 13.8 Å². The fourth-order valence-electron chi connectivity index (χ4n) is 1.77. The summed E-state index contributed by atoms with van der Waals surface area (Å²) in [6, 6.07) is 6.16. The van der Waals surface area contributed by atoms with Gasteiger partial charge in [0.05, 0.1) is 0 Å². The van der Waals surface area contributed by atoms with Crippen LogP contribution in [0.4, 0.5) is 10.5 Å². The minimum Gasteiger partial charge on any atom is -0.338 e. The van der Waals surface area contributed by atoms with Gasteiger partial charge in [-0.3, -0.25) is 4.90 Å². The number of carbonyl (C=O) groups excluding carboxylic acids is 1. The smallest absolute Gasteiger partial charge is 0.321 e. The van der Waals surface area contributed by atoms with E-state index in [0.717, 1.165) is 25.2 Å². The van der Waals surface area contributed by atoms with Gasteiger partial charge in [0.2, 0.25) is 0 Å². The van der Waals surface area contributed by atoms with Crippen molar-refractivity contribution in [2.75, 3.05) is 18.0 Å². The summed E-state index contributed by atoms with van der Waals surface area (Å²) >= 11 is 0. The lowest BCUT2D eigenvalue weighted by Gasteiger charge is -2.27. The molecule has 1 aromatic rings. The molecule has 0 aliphatic carbocycles. The van der Waals surface area contributed by atoms with Crippen LogP contribution in [0.1, 0.15) is 17.5 Å². The Morgan fingerprint density at radius 1 is 1.27 bits per heavy atom. The van der Waals surface area contributed by atoms with E-state index < -0.39 is 0 Å². The topological polar surface area (TPSA) is 32.3 Å². The Hall–Kier alpha value is -1.51. The molecular weight excluding hydrogens is 188 g/mol. The lowest BCUT2D eigenvalue weighted by molar-refractivity contribution is 0.243. The number of carbonyl (C=O) groups is 1. The number of amides is 2. The second-order valence-corrected chi connectivity index (χ2v) is 4.01. The second kappa shape index (κ2) is 3.93. The molecule has 1 N–H and O–H groups in total. The number of hydrogen-bond acceptors (Lipinski definition) is 1. The van der Waals surface area contributed by atoms with Crippen molar-refractivity contribution in [3.63, 3.8) is 0 Å². The summed E-state index contributed by atoms with van der Waals surface area (Å²) in [4.78, 5) is 13.4.